The lowest BCUT2D eigenvalue weighted by atomic mass is 10.00. The SMILES string of the molecule is CC(=O)SCCOCCOCCOCCOCCOCCOCCOCCOCCC(=O)NCCC(=O)N(Cc1cc(F)c(C(=O)N[C@@H](Cc2ccc(-c3c(C)n(C)c(=O)n(C)c3=O)cc2)C(=O)O)c(F)c1)Cc1cc(F)c(C(=O)N[C@@H](Cc2ccc(-c3c(C)n(C)c(=O)n(C)c3=O)cc2)C(=O)O)c(F)c1. The van der Waals surface area contributed by atoms with Crippen LogP contribution < -0.4 is 38.4 Å². The van der Waals surface area contributed by atoms with Crippen LogP contribution in [0.2, 0.25) is 0 Å². The van der Waals surface area contributed by atoms with Crippen molar-refractivity contribution in [3.63, 3.8) is 0 Å². The number of carboxylic acids is 2. The fourth-order valence-electron chi connectivity index (χ4n) is 10.6. The molecule has 0 saturated heterocycles. The summed E-state index contributed by atoms with van der Waals surface area (Å²) in [6, 6.07) is 11.1. The molecule has 2 heterocycles. The number of carbonyl (C=O) groups is 7. The highest BCUT2D eigenvalue weighted by atomic mass is 32.2. The summed E-state index contributed by atoms with van der Waals surface area (Å²) < 4.78 is 112. The van der Waals surface area contributed by atoms with Gasteiger partial charge in [-0.25, -0.2) is 36.7 Å². The minimum absolute atomic E-state index is 0.0439. The van der Waals surface area contributed by atoms with E-state index in [1.807, 2.05) is 0 Å². The number of benzene rings is 4. The van der Waals surface area contributed by atoms with Crippen molar-refractivity contribution >= 4 is 52.4 Å². The molecule has 0 saturated carbocycles. The summed E-state index contributed by atoms with van der Waals surface area (Å²) in [5.41, 5.74) is -2.71. The summed E-state index contributed by atoms with van der Waals surface area (Å²) in [6.07, 6.45) is -1.44. The van der Waals surface area contributed by atoms with E-state index < -0.39 is 137 Å². The summed E-state index contributed by atoms with van der Waals surface area (Å²) in [6.45, 7) is 8.11. The molecular weight excluding hydrogens is 1420 g/mol. The number of thioether (sulfide) groups is 1. The van der Waals surface area contributed by atoms with Crippen LogP contribution >= 0.6 is 11.8 Å². The molecule has 4 aromatic carbocycles. The Hall–Kier alpha value is -9.52. The number of carbonyl (C=O) groups excluding carboxylic acids is 5. The fraction of sp³-hybridized carbons (Fsp3) is 0.458. The van der Waals surface area contributed by atoms with Gasteiger partial charge in [-0.3, -0.25) is 42.7 Å². The molecule has 106 heavy (non-hydrogen) atoms. The first kappa shape index (κ1) is 85.4. The lowest BCUT2D eigenvalue weighted by molar-refractivity contribution is -0.140. The molecule has 34 heteroatoms. The molecule has 0 aliphatic rings. The first-order chi connectivity index (χ1) is 50.6. The van der Waals surface area contributed by atoms with Crippen LogP contribution in [0.3, 0.4) is 0 Å². The Morgan fingerprint density at radius 2 is 0.783 bits per heavy atom. The lowest BCUT2D eigenvalue weighted by Crippen LogP contribution is -2.43. The third-order valence-electron chi connectivity index (χ3n) is 16.5. The Balaban J connectivity index is 1.01. The summed E-state index contributed by atoms with van der Waals surface area (Å²) in [4.78, 5) is 142. The van der Waals surface area contributed by atoms with Gasteiger partial charge in [-0.2, -0.15) is 0 Å². The van der Waals surface area contributed by atoms with Crippen LogP contribution in [0.1, 0.15) is 74.1 Å². The average Bonchev–Trinajstić information content (AvgIpc) is 0.786. The van der Waals surface area contributed by atoms with Gasteiger partial charge in [0.2, 0.25) is 11.8 Å². The van der Waals surface area contributed by atoms with Crippen LogP contribution in [-0.4, -0.2) is 204 Å². The largest absolute Gasteiger partial charge is 0.480 e. The van der Waals surface area contributed by atoms with Crippen LogP contribution in [0.4, 0.5) is 17.6 Å². The minimum atomic E-state index is -1.76. The van der Waals surface area contributed by atoms with E-state index in [-0.39, 0.29) is 73.4 Å². The minimum Gasteiger partial charge on any atom is -0.480 e. The van der Waals surface area contributed by atoms with E-state index >= 15 is 17.6 Å². The molecule has 0 unspecified atom stereocenters. The summed E-state index contributed by atoms with van der Waals surface area (Å²) in [7, 11) is 5.60. The van der Waals surface area contributed by atoms with Gasteiger partial charge in [0.05, 0.1) is 117 Å². The second kappa shape index (κ2) is 43.2. The van der Waals surface area contributed by atoms with E-state index in [2.05, 4.69) is 16.0 Å². The van der Waals surface area contributed by atoms with E-state index in [9.17, 15) is 63.0 Å². The molecule has 0 aliphatic heterocycles. The highest BCUT2D eigenvalue weighted by Gasteiger charge is 2.30. The van der Waals surface area contributed by atoms with Gasteiger partial charge in [-0.15, -0.1) is 0 Å². The molecule has 0 radical (unpaired) electrons. The Labute approximate surface area is 611 Å². The van der Waals surface area contributed by atoms with Crippen molar-refractivity contribution in [2.45, 2.75) is 71.6 Å². The number of amides is 4. The van der Waals surface area contributed by atoms with Crippen molar-refractivity contribution in [1.82, 2.24) is 39.1 Å². The normalized spacial score (nSPS) is 11.9. The van der Waals surface area contributed by atoms with E-state index in [4.69, 9.17) is 37.9 Å². The number of nitrogens with zero attached hydrogens (tertiary/aromatic N) is 5. The predicted molar refractivity (Wildman–Crippen MR) is 378 cm³/mol. The Morgan fingerprint density at radius 3 is 1.10 bits per heavy atom. The standard InChI is InChI=1S/C72H88F4N8O21S/c1-44-61(67(90)82(6)71(96)80(44)4)51-12-8-47(9-13-51)40-57(69(92)93)78-65(88)63-53(73)36-49(37-54(63)74)42-84(43-50-38-55(75)64(56(76)39-50)66(89)79-58(70(94)95)41-48-10-14-52(15-11-48)62-45(2)81(5)72(97)83(7)68(62)91)60(87)16-18-77-59(86)17-19-98-20-21-99-22-23-100-24-25-101-26-27-102-28-29-103-30-31-104-32-33-105-34-35-106-46(3)85/h8-15,36-39,57-58H,16-35,40-43H2,1-7H3,(H,77,86)(H,78,88)(H,79,89)(H,92,93)(H,94,95)/t57-,58-/m0/s1. The van der Waals surface area contributed by atoms with Crippen molar-refractivity contribution < 1.29 is 99.2 Å². The van der Waals surface area contributed by atoms with Gasteiger partial charge < -0.3 is 78.1 Å². The Morgan fingerprint density at radius 1 is 0.462 bits per heavy atom. The van der Waals surface area contributed by atoms with Crippen molar-refractivity contribution in [3.05, 3.63) is 183 Å². The molecule has 5 N–H and O–H groups in total. The Kier molecular flexibility index (Phi) is 34.8. The zero-order valence-electron chi connectivity index (χ0n) is 59.9. The fourth-order valence-corrected chi connectivity index (χ4v) is 11.1. The molecule has 0 aliphatic carbocycles. The molecular formula is C72H88F4N8O21S. The zero-order valence-corrected chi connectivity index (χ0v) is 60.7. The predicted octanol–water partition coefficient (Wildman–Crippen LogP) is 3.68. The Bertz CT molecular complexity index is 4020. The van der Waals surface area contributed by atoms with Gasteiger partial charge in [-0.1, -0.05) is 60.3 Å². The van der Waals surface area contributed by atoms with Gasteiger partial charge in [0.1, 0.15) is 46.5 Å². The van der Waals surface area contributed by atoms with Crippen molar-refractivity contribution in [1.29, 1.82) is 0 Å². The molecule has 6 aromatic rings. The molecule has 0 bridgehead atoms. The summed E-state index contributed by atoms with van der Waals surface area (Å²) >= 11 is 1.22. The number of nitrogens with one attached hydrogen (secondary N) is 3. The molecule has 576 valence electrons. The van der Waals surface area contributed by atoms with Gasteiger partial charge in [-0.05, 0) is 71.5 Å². The molecule has 4 amide bonds. The number of ether oxygens (including phenoxy) is 8. The molecule has 2 atom stereocenters. The van der Waals surface area contributed by atoms with Gasteiger partial charge >= 0.3 is 23.3 Å². The molecule has 2 aromatic heterocycles. The van der Waals surface area contributed by atoms with E-state index in [0.29, 0.717) is 136 Å². The zero-order chi connectivity index (χ0) is 77.6. The number of hydrogen-bond donors (Lipinski definition) is 5. The highest BCUT2D eigenvalue weighted by molar-refractivity contribution is 8.13. The lowest BCUT2D eigenvalue weighted by Gasteiger charge is -2.24. The van der Waals surface area contributed by atoms with Crippen LogP contribution in [0, 0.1) is 37.1 Å². The second-order valence-corrected chi connectivity index (χ2v) is 25.3. The first-order valence-electron chi connectivity index (χ1n) is 33.6. The first-order valence-corrected chi connectivity index (χ1v) is 34.6. The smallest absolute Gasteiger partial charge is 0.330 e. The van der Waals surface area contributed by atoms with E-state index in [1.54, 1.807) is 13.8 Å². The topological polar surface area (TPSA) is 361 Å². The number of rotatable bonds is 46. The van der Waals surface area contributed by atoms with Crippen LogP contribution in [0.5, 0.6) is 0 Å². The average molecular weight is 1510 g/mol. The number of carboxylic acid groups (broad SMARTS) is 2. The highest BCUT2D eigenvalue weighted by Crippen LogP contribution is 2.25. The summed E-state index contributed by atoms with van der Waals surface area (Å²) in [5.74, 6) is -12.9. The number of aromatic nitrogens is 4. The third-order valence-corrected chi connectivity index (χ3v) is 17.3. The van der Waals surface area contributed by atoms with Crippen LogP contribution in [0.15, 0.2) is 92.0 Å². The molecule has 0 spiro atoms. The maximum Gasteiger partial charge on any atom is 0.330 e. The molecule has 0 fully saturated rings. The van der Waals surface area contributed by atoms with Crippen LogP contribution in [0.25, 0.3) is 22.3 Å². The van der Waals surface area contributed by atoms with Crippen molar-refractivity contribution in [2.75, 3.05) is 118 Å². The number of halogens is 4. The van der Waals surface area contributed by atoms with Crippen molar-refractivity contribution in [3.8, 4) is 22.3 Å². The van der Waals surface area contributed by atoms with Gasteiger partial charge in [0, 0.05) is 97.6 Å². The summed E-state index contributed by atoms with van der Waals surface area (Å²) in [5, 5.41) is 27.1. The van der Waals surface area contributed by atoms with Crippen LogP contribution in [-0.2, 0) is 116 Å². The second-order valence-electron chi connectivity index (χ2n) is 24.1. The van der Waals surface area contributed by atoms with Crippen molar-refractivity contribution in [2.24, 2.45) is 28.2 Å². The van der Waals surface area contributed by atoms with Gasteiger partial charge in [0.25, 0.3) is 22.9 Å². The quantitative estimate of drug-likeness (QED) is 0.0269. The molecule has 29 nitrogen and oxygen atoms in total. The number of hydrogen-bond acceptors (Lipinski definition) is 20. The monoisotopic (exact) mass is 1510 g/mol. The maximum absolute atomic E-state index is 16.1. The number of aliphatic carboxylic acids is 2. The maximum atomic E-state index is 16.1. The van der Waals surface area contributed by atoms with E-state index in [1.165, 1.54) is 105 Å². The third kappa shape index (κ3) is 25.9. The molecule has 6 rings (SSSR count). The van der Waals surface area contributed by atoms with Gasteiger partial charge in [0.15, 0.2) is 5.12 Å². The van der Waals surface area contributed by atoms with E-state index in [0.717, 1.165) is 14.0 Å².